The van der Waals surface area contributed by atoms with Gasteiger partial charge in [0.1, 0.15) is 6.04 Å². The molecule has 104 valence electrons. The Hall–Kier alpha value is -2.36. The van der Waals surface area contributed by atoms with Gasteiger partial charge in [-0.15, -0.1) is 0 Å². The Morgan fingerprint density at radius 2 is 2.00 bits per heavy atom. The first-order valence-corrected chi connectivity index (χ1v) is 6.66. The molecule has 0 saturated carbocycles. The van der Waals surface area contributed by atoms with Crippen molar-refractivity contribution in [2.24, 2.45) is 0 Å². The summed E-state index contributed by atoms with van der Waals surface area (Å²) in [5.74, 6) is -0.427. The van der Waals surface area contributed by atoms with Gasteiger partial charge in [0, 0.05) is 12.1 Å². The molecule has 1 aromatic rings. The van der Waals surface area contributed by atoms with Crippen molar-refractivity contribution in [2.75, 3.05) is 6.54 Å². The summed E-state index contributed by atoms with van der Waals surface area (Å²) in [5.41, 5.74) is 1.65. The zero-order valence-corrected chi connectivity index (χ0v) is 11.4. The monoisotopic (exact) mass is 270 g/mol. The lowest BCUT2D eigenvalue weighted by atomic mass is 10.2. The SMILES string of the molecule is CC(NC(=O)c1ccccc1)C(=O)NCC1=CCC=C1. The summed E-state index contributed by atoms with van der Waals surface area (Å²) in [7, 11) is 0. The van der Waals surface area contributed by atoms with Crippen molar-refractivity contribution in [3.8, 4) is 0 Å². The van der Waals surface area contributed by atoms with Crippen LogP contribution in [-0.2, 0) is 4.79 Å². The Labute approximate surface area is 118 Å². The van der Waals surface area contributed by atoms with Crippen molar-refractivity contribution in [2.45, 2.75) is 19.4 Å². The topological polar surface area (TPSA) is 58.2 Å². The smallest absolute Gasteiger partial charge is 0.251 e. The predicted molar refractivity (Wildman–Crippen MR) is 78.2 cm³/mol. The van der Waals surface area contributed by atoms with Crippen LogP contribution in [0.5, 0.6) is 0 Å². The third-order valence-electron chi connectivity index (χ3n) is 3.09. The van der Waals surface area contributed by atoms with E-state index >= 15 is 0 Å². The molecule has 2 N–H and O–H groups in total. The molecule has 4 heteroatoms. The van der Waals surface area contributed by atoms with Crippen LogP contribution < -0.4 is 10.6 Å². The van der Waals surface area contributed by atoms with Crippen LogP contribution in [0.15, 0.2) is 54.1 Å². The van der Waals surface area contributed by atoms with Crippen LogP contribution in [-0.4, -0.2) is 24.4 Å². The Morgan fingerprint density at radius 3 is 2.65 bits per heavy atom. The van der Waals surface area contributed by atoms with E-state index in [0.717, 1.165) is 12.0 Å². The zero-order chi connectivity index (χ0) is 14.4. The highest BCUT2D eigenvalue weighted by Gasteiger charge is 2.16. The molecule has 0 saturated heterocycles. The van der Waals surface area contributed by atoms with Crippen LogP contribution in [0.2, 0.25) is 0 Å². The highest BCUT2D eigenvalue weighted by Crippen LogP contribution is 2.07. The number of carbonyl (C=O) groups excluding carboxylic acids is 2. The summed E-state index contributed by atoms with van der Waals surface area (Å²) in [6, 6.07) is 8.29. The van der Waals surface area contributed by atoms with E-state index in [-0.39, 0.29) is 11.8 Å². The zero-order valence-electron chi connectivity index (χ0n) is 11.4. The van der Waals surface area contributed by atoms with Gasteiger partial charge in [-0.2, -0.15) is 0 Å². The Morgan fingerprint density at radius 1 is 1.25 bits per heavy atom. The lowest BCUT2D eigenvalue weighted by Crippen LogP contribution is -2.45. The van der Waals surface area contributed by atoms with Crippen molar-refractivity contribution in [3.63, 3.8) is 0 Å². The Bertz CT molecular complexity index is 547. The summed E-state index contributed by atoms with van der Waals surface area (Å²) >= 11 is 0. The number of nitrogens with one attached hydrogen (secondary N) is 2. The standard InChI is InChI=1S/C16H18N2O2/c1-12(15(19)17-11-13-7-5-6-8-13)18-16(20)14-9-3-2-4-10-14/h2-5,7-10,12H,6,11H2,1H3,(H,17,19)(H,18,20). The molecule has 0 aliphatic heterocycles. The largest absolute Gasteiger partial charge is 0.350 e. The lowest BCUT2D eigenvalue weighted by molar-refractivity contribution is -0.122. The number of hydrogen-bond donors (Lipinski definition) is 2. The maximum Gasteiger partial charge on any atom is 0.251 e. The molecule has 0 fully saturated rings. The van der Waals surface area contributed by atoms with Crippen LogP contribution in [0.25, 0.3) is 0 Å². The fraction of sp³-hybridized carbons (Fsp3) is 0.250. The van der Waals surface area contributed by atoms with Crippen molar-refractivity contribution in [3.05, 3.63) is 59.7 Å². The molecule has 1 atom stereocenters. The molecule has 20 heavy (non-hydrogen) atoms. The van der Waals surface area contributed by atoms with Crippen molar-refractivity contribution >= 4 is 11.8 Å². The number of allylic oxidation sites excluding steroid dienone is 2. The van der Waals surface area contributed by atoms with Crippen molar-refractivity contribution in [1.29, 1.82) is 0 Å². The first-order valence-electron chi connectivity index (χ1n) is 6.66. The van der Waals surface area contributed by atoms with E-state index in [1.165, 1.54) is 0 Å². The Kier molecular flexibility index (Phi) is 4.71. The van der Waals surface area contributed by atoms with Crippen LogP contribution in [0.1, 0.15) is 23.7 Å². The molecule has 1 unspecified atom stereocenters. The fourth-order valence-corrected chi connectivity index (χ4v) is 1.92. The van der Waals surface area contributed by atoms with Crippen molar-refractivity contribution < 1.29 is 9.59 Å². The third kappa shape index (κ3) is 3.82. The van der Waals surface area contributed by atoms with Crippen LogP contribution >= 0.6 is 0 Å². The number of amides is 2. The fourth-order valence-electron chi connectivity index (χ4n) is 1.92. The molecule has 1 aliphatic rings. The van der Waals surface area contributed by atoms with E-state index in [4.69, 9.17) is 0 Å². The van der Waals surface area contributed by atoms with E-state index in [1.54, 1.807) is 31.2 Å². The van der Waals surface area contributed by atoms with Gasteiger partial charge in [-0.3, -0.25) is 9.59 Å². The minimum Gasteiger partial charge on any atom is -0.350 e. The van der Waals surface area contributed by atoms with Crippen LogP contribution in [0, 0.1) is 0 Å². The maximum absolute atomic E-state index is 11.9. The first kappa shape index (κ1) is 14.1. The summed E-state index contributed by atoms with van der Waals surface area (Å²) in [4.78, 5) is 23.8. The van der Waals surface area contributed by atoms with E-state index in [1.807, 2.05) is 18.2 Å². The van der Waals surface area contributed by atoms with E-state index < -0.39 is 6.04 Å². The van der Waals surface area contributed by atoms with Gasteiger partial charge in [0.25, 0.3) is 5.91 Å². The number of benzene rings is 1. The minimum absolute atomic E-state index is 0.185. The number of hydrogen-bond acceptors (Lipinski definition) is 2. The maximum atomic E-state index is 11.9. The molecule has 1 aliphatic carbocycles. The summed E-state index contributed by atoms with van der Waals surface area (Å²) in [6.07, 6.45) is 7.02. The second-order valence-electron chi connectivity index (χ2n) is 4.70. The first-order chi connectivity index (χ1) is 9.66. The van der Waals surface area contributed by atoms with Crippen molar-refractivity contribution in [1.82, 2.24) is 10.6 Å². The number of rotatable bonds is 5. The van der Waals surface area contributed by atoms with Gasteiger partial charge in [0.15, 0.2) is 0 Å². The quantitative estimate of drug-likeness (QED) is 0.857. The number of carbonyl (C=O) groups is 2. The highest BCUT2D eigenvalue weighted by molar-refractivity contribution is 5.97. The Balaban J connectivity index is 1.81. The van der Waals surface area contributed by atoms with Gasteiger partial charge in [0.2, 0.25) is 5.91 Å². The normalized spacial score (nSPS) is 14.6. The highest BCUT2D eigenvalue weighted by atomic mass is 16.2. The second-order valence-corrected chi connectivity index (χ2v) is 4.70. The van der Waals surface area contributed by atoms with Gasteiger partial charge in [0.05, 0.1) is 0 Å². The molecule has 4 nitrogen and oxygen atoms in total. The second kappa shape index (κ2) is 6.70. The molecule has 2 rings (SSSR count). The molecular formula is C16H18N2O2. The molecule has 0 aromatic heterocycles. The molecule has 2 amide bonds. The molecule has 0 spiro atoms. The molecular weight excluding hydrogens is 252 g/mol. The molecule has 0 heterocycles. The van der Waals surface area contributed by atoms with Crippen LogP contribution in [0.3, 0.4) is 0 Å². The molecule has 0 bridgehead atoms. The minimum atomic E-state index is -0.561. The van der Waals surface area contributed by atoms with Gasteiger partial charge in [-0.25, -0.2) is 0 Å². The van der Waals surface area contributed by atoms with Gasteiger partial charge in [-0.05, 0) is 31.1 Å². The lowest BCUT2D eigenvalue weighted by Gasteiger charge is -2.14. The summed E-state index contributed by atoms with van der Waals surface area (Å²) in [6.45, 7) is 2.18. The van der Waals surface area contributed by atoms with E-state index in [0.29, 0.717) is 12.1 Å². The van der Waals surface area contributed by atoms with Crippen LogP contribution in [0.4, 0.5) is 0 Å². The average molecular weight is 270 g/mol. The van der Waals surface area contributed by atoms with Gasteiger partial charge >= 0.3 is 0 Å². The summed E-state index contributed by atoms with van der Waals surface area (Å²) in [5, 5.41) is 5.49. The molecule has 0 radical (unpaired) electrons. The molecule has 1 aromatic carbocycles. The predicted octanol–water partition coefficient (Wildman–Crippen LogP) is 1.81. The van der Waals surface area contributed by atoms with Gasteiger partial charge in [-0.1, -0.05) is 36.4 Å². The van der Waals surface area contributed by atoms with Gasteiger partial charge < -0.3 is 10.6 Å². The average Bonchev–Trinajstić information content (AvgIpc) is 2.98. The van der Waals surface area contributed by atoms with E-state index in [9.17, 15) is 9.59 Å². The summed E-state index contributed by atoms with van der Waals surface area (Å²) < 4.78 is 0. The van der Waals surface area contributed by atoms with E-state index in [2.05, 4.69) is 16.7 Å². The third-order valence-corrected chi connectivity index (χ3v) is 3.09.